The van der Waals surface area contributed by atoms with Gasteiger partial charge in [-0.1, -0.05) is 47.0 Å². The van der Waals surface area contributed by atoms with Gasteiger partial charge in [0.15, 0.2) is 0 Å². The topological polar surface area (TPSA) is 20.2 Å². The average Bonchev–Trinajstić information content (AvgIpc) is 1.87. The van der Waals surface area contributed by atoms with Crippen LogP contribution in [0.3, 0.4) is 0 Å². The molecule has 0 aliphatic rings. The molecular formula is C10H24O. The van der Waals surface area contributed by atoms with E-state index in [1.54, 1.807) is 0 Å². The number of unbranched alkanes of at least 4 members (excludes halogenated alkanes) is 3. The molecule has 0 aliphatic heterocycles. The van der Waals surface area contributed by atoms with Gasteiger partial charge in [-0.05, 0) is 12.3 Å². The average molecular weight is 160 g/mol. The standard InChI is InChI=1S/C9H20O.CH4/c1-9(2)7-5-3-4-6-8-10;/h9-10H,3-8H2,1-2H3;1H4. The maximum atomic E-state index is 8.47. The number of hydrogen-bond acceptors (Lipinski definition) is 1. The fourth-order valence-corrected chi connectivity index (χ4v) is 1.02. The molecule has 70 valence electrons. The van der Waals surface area contributed by atoms with Crippen LogP contribution in [0.4, 0.5) is 0 Å². The van der Waals surface area contributed by atoms with Crippen LogP contribution >= 0.6 is 0 Å². The van der Waals surface area contributed by atoms with Gasteiger partial charge in [0, 0.05) is 6.61 Å². The summed E-state index contributed by atoms with van der Waals surface area (Å²) in [4.78, 5) is 0. The third-order valence-corrected chi connectivity index (χ3v) is 1.69. The van der Waals surface area contributed by atoms with E-state index < -0.39 is 0 Å². The van der Waals surface area contributed by atoms with E-state index >= 15 is 0 Å². The molecule has 1 N–H and O–H groups in total. The van der Waals surface area contributed by atoms with E-state index in [4.69, 9.17) is 5.11 Å². The SMILES string of the molecule is C.CC(C)CCCCCCO. The molecule has 0 saturated heterocycles. The highest BCUT2D eigenvalue weighted by Gasteiger charge is 1.92. The smallest absolute Gasteiger partial charge is 0.0431 e. The summed E-state index contributed by atoms with van der Waals surface area (Å²) >= 11 is 0. The molecule has 0 aromatic carbocycles. The second kappa shape index (κ2) is 9.96. The molecule has 1 nitrogen and oxygen atoms in total. The van der Waals surface area contributed by atoms with E-state index in [9.17, 15) is 0 Å². The van der Waals surface area contributed by atoms with Crippen LogP contribution in [0.15, 0.2) is 0 Å². The fraction of sp³-hybridized carbons (Fsp3) is 1.00. The molecule has 0 amide bonds. The minimum absolute atomic E-state index is 0. The van der Waals surface area contributed by atoms with Gasteiger partial charge in [-0.3, -0.25) is 0 Å². The van der Waals surface area contributed by atoms with E-state index in [0.29, 0.717) is 6.61 Å². The molecule has 1 heteroatoms. The summed E-state index contributed by atoms with van der Waals surface area (Å²) < 4.78 is 0. The van der Waals surface area contributed by atoms with Gasteiger partial charge in [0.2, 0.25) is 0 Å². The van der Waals surface area contributed by atoms with Crippen LogP contribution in [0, 0.1) is 5.92 Å². The van der Waals surface area contributed by atoms with Crippen molar-refractivity contribution in [2.45, 2.75) is 53.4 Å². The van der Waals surface area contributed by atoms with Crippen LogP contribution in [0.1, 0.15) is 53.4 Å². The van der Waals surface area contributed by atoms with Gasteiger partial charge in [-0.15, -0.1) is 0 Å². The van der Waals surface area contributed by atoms with E-state index in [1.165, 1.54) is 25.7 Å². The van der Waals surface area contributed by atoms with Gasteiger partial charge in [0.1, 0.15) is 0 Å². The van der Waals surface area contributed by atoms with Gasteiger partial charge in [-0.25, -0.2) is 0 Å². The molecule has 0 heterocycles. The van der Waals surface area contributed by atoms with E-state index in [0.717, 1.165) is 12.3 Å². The molecular weight excluding hydrogens is 136 g/mol. The summed E-state index contributed by atoms with van der Waals surface area (Å²) in [6.07, 6.45) is 6.14. The Labute approximate surface area is 71.8 Å². The third kappa shape index (κ3) is 13.0. The van der Waals surface area contributed by atoms with Crippen molar-refractivity contribution in [2.75, 3.05) is 6.61 Å². The van der Waals surface area contributed by atoms with Gasteiger partial charge in [0.25, 0.3) is 0 Å². The summed E-state index contributed by atoms with van der Waals surface area (Å²) in [7, 11) is 0. The molecule has 0 rings (SSSR count). The van der Waals surface area contributed by atoms with Crippen molar-refractivity contribution in [3.63, 3.8) is 0 Å². The maximum Gasteiger partial charge on any atom is 0.0431 e. The molecule has 0 spiro atoms. The molecule has 0 aliphatic carbocycles. The second-order valence-electron chi connectivity index (χ2n) is 3.32. The number of aliphatic hydroxyl groups is 1. The Hall–Kier alpha value is -0.0400. The number of hydrogen-bond donors (Lipinski definition) is 1. The van der Waals surface area contributed by atoms with Gasteiger partial charge < -0.3 is 5.11 Å². The van der Waals surface area contributed by atoms with Crippen LogP contribution in [0.5, 0.6) is 0 Å². The number of rotatable bonds is 6. The third-order valence-electron chi connectivity index (χ3n) is 1.69. The lowest BCUT2D eigenvalue weighted by Gasteiger charge is -2.02. The maximum absolute atomic E-state index is 8.47. The Morgan fingerprint density at radius 3 is 2.00 bits per heavy atom. The van der Waals surface area contributed by atoms with Crippen LogP contribution in [0.2, 0.25) is 0 Å². The summed E-state index contributed by atoms with van der Waals surface area (Å²) in [5.74, 6) is 0.842. The normalized spacial score (nSPS) is 9.82. The lowest BCUT2D eigenvalue weighted by Crippen LogP contribution is -1.88. The zero-order valence-corrected chi connectivity index (χ0v) is 7.27. The predicted molar refractivity (Wildman–Crippen MR) is 51.7 cm³/mol. The van der Waals surface area contributed by atoms with Crippen LogP contribution in [0.25, 0.3) is 0 Å². The zero-order chi connectivity index (χ0) is 7.82. The Bertz CT molecular complexity index is 59.9. The fourth-order valence-electron chi connectivity index (χ4n) is 1.02. The highest BCUT2D eigenvalue weighted by atomic mass is 16.2. The minimum Gasteiger partial charge on any atom is -0.396 e. The lowest BCUT2D eigenvalue weighted by molar-refractivity contribution is 0.282. The highest BCUT2D eigenvalue weighted by molar-refractivity contribution is 4.46. The van der Waals surface area contributed by atoms with Crippen LogP contribution in [-0.4, -0.2) is 11.7 Å². The zero-order valence-electron chi connectivity index (χ0n) is 7.27. The predicted octanol–water partition coefficient (Wildman–Crippen LogP) is 3.22. The molecule has 0 fully saturated rings. The summed E-state index contributed by atoms with van der Waals surface area (Å²) in [5.41, 5.74) is 0. The Morgan fingerprint density at radius 1 is 1.00 bits per heavy atom. The van der Waals surface area contributed by atoms with Crippen LogP contribution < -0.4 is 0 Å². The van der Waals surface area contributed by atoms with E-state index in [-0.39, 0.29) is 7.43 Å². The summed E-state index contributed by atoms with van der Waals surface area (Å²) in [5, 5.41) is 8.47. The first kappa shape index (κ1) is 13.5. The van der Waals surface area contributed by atoms with Crippen molar-refractivity contribution < 1.29 is 5.11 Å². The van der Waals surface area contributed by atoms with Crippen LogP contribution in [-0.2, 0) is 0 Å². The Morgan fingerprint density at radius 2 is 1.55 bits per heavy atom. The second-order valence-corrected chi connectivity index (χ2v) is 3.32. The first-order valence-corrected chi connectivity index (χ1v) is 4.38. The first-order chi connectivity index (χ1) is 4.77. The summed E-state index contributed by atoms with van der Waals surface area (Å²) in [6, 6.07) is 0. The molecule has 0 aromatic heterocycles. The molecule has 0 atom stereocenters. The van der Waals surface area contributed by atoms with E-state index in [2.05, 4.69) is 13.8 Å². The highest BCUT2D eigenvalue weighted by Crippen LogP contribution is 2.08. The van der Waals surface area contributed by atoms with Crippen molar-refractivity contribution in [1.82, 2.24) is 0 Å². The molecule has 0 radical (unpaired) electrons. The van der Waals surface area contributed by atoms with E-state index in [1.807, 2.05) is 0 Å². The quantitative estimate of drug-likeness (QED) is 0.591. The van der Waals surface area contributed by atoms with Gasteiger partial charge >= 0.3 is 0 Å². The van der Waals surface area contributed by atoms with Crippen molar-refractivity contribution in [1.29, 1.82) is 0 Å². The monoisotopic (exact) mass is 160 g/mol. The number of aliphatic hydroxyl groups excluding tert-OH is 1. The molecule has 11 heavy (non-hydrogen) atoms. The minimum atomic E-state index is 0. The summed E-state index contributed by atoms with van der Waals surface area (Å²) in [6.45, 7) is 4.87. The molecule has 0 aromatic rings. The van der Waals surface area contributed by atoms with Gasteiger partial charge in [-0.2, -0.15) is 0 Å². The Kier molecular flexibility index (Phi) is 12.3. The van der Waals surface area contributed by atoms with Crippen molar-refractivity contribution in [2.24, 2.45) is 5.92 Å². The molecule has 0 bridgehead atoms. The van der Waals surface area contributed by atoms with Gasteiger partial charge in [0.05, 0.1) is 0 Å². The Balaban J connectivity index is 0. The molecule has 0 unspecified atom stereocenters. The van der Waals surface area contributed by atoms with Crippen molar-refractivity contribution >= 4 is 0 Å². The van der Waals surface area contributed by atoms with Crippen molar-refractivity contribution in [3.05, 3.63) is 0 Å². The molecule has 0 saturated carbocycles. The first-order valence-electron chi connectivity index (χ1n) is 4.38. The lowest BCUT2D eigenvalue weighted by atomic mass is 10.0. The largest absolute Gasteiger partial charge is 0.396 e. The van der Waals surface area contributed by atoms with Crippen molar-refractivity contribution in [3.8, 4) is 0 Å².